The van der Waals surface area contributed by atoms with Crippen LogP contribution < -0.4 is 0 Å². The van der Waals surface area contributed by atoms with Crippen LogP contribution in [0.1, 0.15) is 17.0 Å². The summed E-state index contributed by atoms with van der Waals surface area (Å²) in [5, 5.41) is 9.44. The zero-order valence-corrected chi connectivity index (χ0v) is 11.1. The first kappa shape index (κ1) is 14.5. The fraction of sp³-hybridized carbons (Fsp3) is 0.133. The molecule has 0 saturated heterocycles. The number of halogens is 3. The predicted molar refractivity (Wildman–Crippen MR) is 71.9 cm³/mol. The van der Waals surface area contributed by atoms with Crippen molar-refractivity contribution in [3.05, 3.63) is 70.2 Å². The Morgan fingerprint density at radius 2 is 1.85 bits per heavy atom. The van der Waals surface area contributed by atoms with E-state index >= 15 is 0 Å². The van der Waals surface area contributed by atoms with Crippen LogP contribution in [0.4, 0.5) is 8.78 Å². The van der Waals surface area contributed by atoms with E-state index in [2.05, 4.69) is 0 Å². The third-order valence-electron chi connectivity index (χ3n) is 2.99. The molecule has 1 unspecified atom stereocenters. The van der Waals surface area contributed by atoms with Crippen LogP contribution in [-0.2, 0) is 11.2 Å². The number of aliphatic carboxylic acids is 1. The standard InChI is InChI=1S/C15H11ClF2O2/c16-14-8-12(18)5-4-10(14)7-13(15(19)20)9-2-1-3-11(17)6-9/h1-6,8,13H,7H2,(H,19,20). The zero-order valence-electron chi connectivity index (χ0n) is 10.3. The number of hydrogen-bond acceptors (Lipinski definition) is 1. The zero-order chi connectivity index (χ0) is 14.7. The molecule has 0 saturated carbocycles. The van der Waals surface area contributed by atoms with Gasteiger partial charge in [0.15, 0.2) is 0 Å². The number of carboxylic acid groups (broad SMARTS) is 1. The lowest BCUT2D eigenvalue weighted by molar-refractivity contribution is -0.138. The van der Waals surface area contributed by atoms with Gasteiger partial charge < -0.3 is 5.11 Å². The van der Waals surface area contributed by atoms with E-state index < -0.39 is 23.5 Å². The maximum atomic E-state index is 13.2. The minimum Gasteiger partial charge on any atom is -0.481 e. The monoisotopic (exact) mass is 296 g/mol. The van der Waals surface area contributed by atoms with Crippen LogP contribution in [0.5, 0.6) is 0 Å². The van der Waals surface area contributed by atoms with Gasteiger partial charge >= 0.3 is 5.97 Å². The molecule has 2 aromatic rings. The molecule has 1 N–H and O–H groups in total. The topological polar surface area (TPSA) is 37.3 Å². The highest BCUT2D eigenvalue weighted by atomic mass is 35.5. The summed E-state index contributed by atoms with van der Waals surface area (Å²) in [4.78, 5) is 11.4. The molecule has 0 aliphatic carbocycles. The third-order valence-corrected chi connectivity index (χ3v) is 3.34. The van der Waals surface area contributed by atoms with Crippen molar-refractivity contribution in [2.24, 2.45) is 0 Å². The van der Waals surface area contributed by atoms with Crippen LogP contribution in [0.2, 0.25) is 5.02 Å². The summed E-state index contributed by atoms with van der Waals surface area (Å²) >= 11 is 5.89. The molecule has 5 heteroatoms. The van der Waals surface area contributed by atoms with Gasteiger partial charge in [-0.05, 0) is 41.8 Å². The van der Waals surface area contributed by atoms with E-state index in [9.17, 15) is 18.7 Å². The summed E-state index contributed by atoms with van der Waals surface area (Å²) < 4.78 is 26.2. The maximum absolute atomic E-state index is 13.2. The van der Waals surface area contributed by atoms with E-state index in [1.807, 2.05) is 0 Å². The van der Waals surface area contributed by atoms with Gasteiger partial charge in [-0.3, -0.25) is 4.79 Å². The second-order valence-electron chi connectivity index (χ2n) is 4.39. The minimum atomic E-state index is -1.09. The van der Waals surface area contributed by atoms with Gasteiger partial charge in [0.2, 0.25) is 0 Å². The van der Waals surface area contributed by atoms with E-state index in [1.54, 1.807) is 6.07 Å². The minimum absolute atomic E-state index is 0.0674. The molecular weight excluding hydrogens is 286 g/mol. The number of benzene rings is 2. The SMILES string of the molecule is O=C(O)C(Cc1ccc(F)cc1Cl)c1cccc(F)c1. The van der Waals surface area contributed by atoms with Gasteiger partial charge in [0, 0.05) is 5.02 Å². The van der Waals surface area contributed by atoms with Gasteiger partial charge in [-0.15, -0.1) is 0 Å². The largest absolute Gasteiger partial charge is 0.481 e. The highest BCUT2D eigenvalue weighted by Gasteiger charge is 2.22. The van der Waals surface area contributed by atoms with Crippen molar-refractivity contribution in [3.8, 4) is 0 Å². The number of rotatable bonds is 4. The van der Waals surface area contributed by atoms with Gasteiger partial charge in [0.05, 0.1) is 5.92 Å². The quantitative estimate of drug-likeness (QED) is 0.925. The van der Waals surface area contributed by atoms with Crippen molar-refractivity contribution in [2.75, 3.05) is 0 Å². The van der Waals surface area contributed by atoms with Crippen LogP contribution in [0, 0.1) is 11.6 Å². The first-order valence-electron chi connectivity index (χ1n) is 5.89. The number of carbonyl (C=O) groups is 1. The fourth-order valence-electron chi connectivity index (χ4n) is 1.98. The molecule has 2 aromatic carbocycles. The average Bonchev–Trinajstić information content (AvgIpc) is 2.37. The van der Waals surface area contributed by atoms with E-state index in [-0.39, 0.29) is 11.4 Å². The Balaban J connectivity index is 2.33. The molecule has 0 amide bonds. The van der Waals surface area contributed by atoms with Gasteiger partial charge in [0.25, 0.3) is 0 Å². The Labute approximate surface area is 119 Å². The Hall–Kier alpha value is -1.94. The summed E-state index contributed by atoms with van der Waals surface area (Å²) in [6, 6.07) is 9.19. The van der Waals surface area contributed by atoms with Gasteiger partial charge in [-0.2, -0.15) is 0 Å². The lowest BCUT2D eigenvalue weighted by atomic mass is 9.92. The molecular formula is C15H11ClF2O2. The molecule has 0 fully saturated rings. The van der Waals surface area contributed by atoms with Crippen molar-refractivity contribution in [2.45, 2.75) is 12.3 Å². The normalized spacial score (nSPS) is 12.2. The van der Waals surface area contributed by atoms with E-state index in [0.29, 0.717) is 11.1 Å². The summed E-state index contributed by atoms with van der Waals surface area (Å²) in [6.45, 7) is 0. The first-order valence-corrected chi connectivity index (χ1v) is 6.27. The fourth-order valence-corrected chi connectivity index (χ4v) is 2.22. The van der Waals surface area contributed by atoms with Crippen LogP contribution >= 0.6 is 11.6 Å². The Kier molecular flexibility index (Phi) is 4.35. The Bertz CT molecular complexity index is 644. The molecule has 104 valence electrons. The Morgan fingerprint density at radius 3 is 2.45 bits per heavy atom. The number of carboxylic acids is 1. The van der Waals surface area contributed by atoms with Crippen molar-refractivity contribution in [3.63, 3.8) is 0 Å². The predicted octanol–water partition coefficient (Wildman–Crippen LogP) is 4.03. The summed E-state index contributed by atoms with van der Waals surface area (Å²) in [7, 11) is 0. The second kappa shape index (κ2) is 6.01. The molecule has 0 spiro atoms. The lowest BCUT2D eigenvalue weighted by Gasteiger charge is -2.14. The summed E-state index contributed by atoms with van der Waals surface area (Å²) in [5.41, 5.74) is 0.850. The second-order valence-corrected chi connectivity index (χ2v) is 4.79. The Morgan fingerprint density at radius 1 is 1.15 bits per heavy atom. The van der Waals surface area contributed by atoms with Crippen molar-refractivity contribution in [1.82, 2.24) is 0 Å². The molecule has 2 rings (SSSR count). The molecule has 1 atom stereocenters. The van der Waals surface area contributed by atoms with Crippen molar-refractivity contribution in [1.29, 1.82) is 0 Å². The molecule has 0 heterocycles. The molecule has 0 radical (unpaired) electrons. The van der Waals surface area contributed by atoms with Crippen LogP contribution in [0.3, 0.4) is 0 Å². The smallest absolute Gasteiger partial charge is 0.311 e. The van der Waals surface area contributed by atoms with Crippen LogP contribution in [-0.4, -0.2) is 11.1 Å². The maximum Gasteiger partial charge on any atom is 0.311 e. The molecule has 0 aromatic heterocycles. The molecule has 0 bridgehead atoms. The lowest BCUT2D eigenvalue weighted by Crippen LogP contribution is -2.15. The van der Waals surface area contributed by atoms with Gasteiger partial charge in [-0.25, -0.2) is 8.78 Å². The third kappa shape index (κ3) is 3.33. The molecule has 0 aliphatic heterocycles. The van der Waals surface area contributed by atoms with E-state index in [0.717, 1.165) is 6.07 Å². The van der Waals surface area contributed by atoms with Crippen molar-refractivity contribution < 1.29 is 18.7 Å². The molecule has 0 aliphatic rings. The van der Waals surface area contributed by atoms with Gasteiger partial charge in [-0.1, -0.05) is 29.8 Å². The van der Waals surface area contributed by atoms with Gasteiger partial charge in [0.1, 0.15) is 11.6 Å². The van der Waals surface area contributed by atoms with E-state index in [1.165, 1.54) is 30.3 Å². The summed E-state index contributed by atoms with van der Waals surface area (Å²) in [5.74, 6) is -3.01. The highest BCUT2D eigenvalue weighted by molar-refractivity contribution is 6.31. The van der Waals surface area contributed by atoms with Crippen LogP contribution in [0.25, 0.3) is 0 Å². The number of hydrogen-bond donors (Lipinski definition) is 1. The average molecular weight is 297 g/mol. The first-order chi connectivity index (χ1) is 9.47. The van der Waals surface area contributed by atoms with Crippen LogP contribution in [0.15, 0.2) is 42.5 Å². The van der Waals surface area contributed by atoms with Crippen molar-refractivity contribution >= 4 is 17.6 Å². The molecule has 20 heavy (non-hydrogen) atoms. The van der Waals surface area contributed by atoms with E-state index in [4.69, 9.17) is 11.6 Å². The molecule has 2 nitrogen and oxygen atoms in total. The summed E-state index contributed by atoms with van der Waals surface area (Å²) in [6.07, 6.45) is 0.0674. The highest BCUT2D eigenvalue weighted by Crippen LogP contribution is 2.26.